The van der Waals surface area contributed by atoms with Crippen molar-refractivity contribution < 1.29 is 4.92 Å². The first-order valence-electron chi connectivity index (χ1n) is 10.3. The van der Waals surface area contributed by atoms with E-state index >= 15 is 0 Å². The molecular formula is C24H19Cl2N6O2. The lowest BCUT2D eigenvalue weighted by atomic mass is 10.1. The van der Waals surface area contributed by atoms with E-state index in [0.29, 0.717) is 41.4 Å². The van der Waals surface area contributed by atoms with Crippen LogP contribution in [0.1, 0.15) is 5.56 Å². The van der Waals surface area contributed by atoms with Gasteiger partial charge < -0.3 is 10.2 Å². The average Bonchev–Trinajstić information content (AvgIpc) is 2.84. The van der Waals surface area contributed by atoms with Crippen LogP contribution in [0.15, 0.2) is 73.1 Å². The van der Waals surface area contributed by atoms with Crippen molar-refractivity contribution in [2.24, 2.45) is 0 Å². The molecule has 0 aliphatic carbocycles. The van der Waals surface area contributed by atoms with Crippen LogP contribution in [0.5, 0.6) is 0 Å². The predicted molar refractivity (Wildman–Crippen MR) is 133 cm³/mol. The molecule has 4 rings (SSSR count). The van der Waals surface area contributed by atoms with Crippen LogP contribution in [0.4, 0.5) is 17.5 Å². The second kappa shape index (κ2) is 10.9. The van der Waals surface area contributed by atoms with E-state index < -0.39 is 4.92 Å². The number of nitrogens with zero attached hydrogens (tertiary/aromatic N) is 5. The maximum absolute atomic E-state index is 10.8. The summed E-state index contributed by atoms with van der Waals surface area (Å²) < 4.78 is 0. The number of aromatic nitrogens is 3. The molecule has 0 unspecified atom stereocenters. The highest BCUT2D eigenvalue weighted by atomic mass is 35.5. The molecule has 0 aliphatic rings. The quantitative estimate of drug-likeness (QED) is 0.236. The zero-order valence-corrected chi connectivity index (χ0v) is 19.4. The Hall–Kier alpha value is -3.75. The number of nitrogens with one attached hydrogen (secondary N) is 1. The minimum absolute atomic E-state index is 0.0614. The minimum atomic E-state index is -0.482. The number of nitro groups is 1. The summed E-state index contributed by atoms with van der Waals surface area (Å²) in [4.78, 5) is 25.7. The van der Waals surface area contributed by atoms with Gasteiger partial charge in [0.15, 0.2) is 0 Å². The largest absolute Gasteiger partial charge is 0.368 e. The molecule has 0 atom stereocenters. The van der Waals surface area contributed by atoms with Gasteiger partial charge in [-0.05, 0) is 42.0 Å². The molecule has 1 radical (unpaired) electrons. The highest BCUT2D eigenvalue weighted by Gasteiger charge is 2.13. The van der Waals surface area contributed by atoms with Crippen LogP contribution in [-0.2, 0) is 6.54 Å². The minimum Gasteiger partial charge on any atom is -0.368 e. The lowest BCUT2D eigenvalue weighted by Crippen LogP contribution is -2.30. The summed E-state index contributed by atoms with van der Waals surface area (Å²) in [6, 6.07) is 20.8. The van der Waals surface area contributed by atoms with E-state index in [0.717, 1.165) is 16.8 Å². The van der Waals surface area contributed by atoms with Crippen LogP contribution in [0, 0.1) is 16.2 Å². The molecule has 0 saturated carbocycles. The van der Waals surface area contributed by atoms with Crippen LogP contribution in [-0.4, -0.2) is 33.0 Å². The van der Waals surface area contributed by atoms with Crippen molar-refractivity contribution in [3.8, 4) is 11.3 Å². The third-order valence-electron chi connectivity index (χ3n) is 4.88. The van der Waals surface area contributed by atoms with Crippen molar-refractivity contribution in [2.45, 2.75) is 6.54 Å². The maximum atomic E-state index is 10.8. The topological polar surface area (TPSA) is 97.1 Å². The Bertz CT molecular complexity index is 1250. The monoisotopic (exact) mass is 493 g/mol. The van der Waals surface area contributed by atoms with Gasteiger partial charge in [-0.2, -0.15) is 0 Å². The zero-order valence-electron chi connectivity index (χ0n) is 17.9. The first kappa shape index (κ1) is 23.4. The predicted octanol–water partition coefficient (Wildman–Crippen LogP) is 5.67. The van der Waals surface area contributed by atoms with Crippen LogP contribution in [0.3, 0.4) is 0 Å². The highest BCUT2D eigenvalue weighted by molar-refractivity contribution is 6.34. The summed E-state index contributed by atoms with van der Waals surface area (Å²) in [6.45, 7) is 1.49. The Morgan fingerprint density at radius 2 is 1.79 bits per heavy atom. The molecule has 0 fully saturated rings. The van der Waals surface area contributed by atoms with Crippen molar-refractivity contribution in [1.29, 1.82) is 0 Å². The van der Waals surface area contributed by atoms with Crippen LogP contribution in [0.2, 0.25) is 10.0 Å². The molecule has 171 valence electrons. The second-order valence-corrected chi connectivity index (χ2v) is 8.19. The molecule has 10 heteroatoms. The summed E-state index contributed by atoms with van der Waals surface area (Å²) in [5, 5.41) is 15.1. The van der Waals surface area contributed by atoms with E-state index in [4.69, 9.17) is 28.2 Å². The summed E-state index contributed by atoms with van der Waals surface area (Å²) in [5.74, 6) is 1.08. The number of pyridine rings is 1. The number of halogens is 2. The van der Waals surface area contributed by atoms with E-state index in [2.05, 4.69) is 21.4 Å². The van der Waals surface area contributed by atoms with E-state index in [1.54, 1.807) is 18.3 Å². The molecule has 2 aromatic carbocycles. The molecule has 1 N–H and O–H groups in total. The summed E-state index contributed by atoms with van der Waals surface area (Å²) in [7, 11) is 0. The number of hydrogen-bond donors (Lipinski definition) is 1. The van der Waals surface area contributed by atoms with Crippen LogP contribution in [0.25, 0.3) is 11.3 Å². The molecule has 0 amide bonds. The lowest BCUT2D eigenvalue weighted by Gasteiger charge is -2.24. The van der Waals surface area contributed by atoms with Gasteiger partial charge in [0.2, 0.25) is 5.95 Å². The highest BCUT2D eigenvalue weighted by Crippen LogP contribution is 2.23. The van der Waals surface area contributed by atoms with E-state index in [1.165, 1.54) is 12.3 Å². The van der Waals surface area contributed by atoms with Crippen molar-refractivity contribution in [3.05, 3.63) is 105 Å². The Kier molecular flexibility index (Phi) is 7.51. The Morgan fingerprint density at radius 1 is 1.03 bits per heavy atom. The first-order valence-corrected chi connectivity index (χ1v) is 11.1. The number of rotatable bonds is 9. The first-order chi connectivity index (χ1) is 16.5. The van der Waals surface area contributed by atoms with Gasteiger partial charge in [-0.3, -0.25) is 10.1 Å². The summed E-state index contributed by atoms with van der Waals surface area (Å²) in [5.41, 5.74) is 2.60. The molecule has 0 saturated heterocycles. The molecular weight excluding hydrogens is 475 g/mol. The van der Waals surface area contributed by atoms with Crippen molar-refractivity contribution in [2.75, 3.05) is 23.3 Å². The standard InChI is InChI=1S/C24H19Cl2N6O2/c25-19-12-17(13-20(26)14-19)16-31(11-10-27-23-7-6-21(15-29-23)32(33)34)24-28-9-8-22(30-24)18-4-2-1-3-5-18/h2-9,12-15H,10-11,16H2,(H,27,29). The van der Waals surface area contributed by atoms with E-state index in [1.807, 2.05) is 47.4 Å². The fourth-order valence-electron chi connectivity index (χ4n) is 3.31. The third kappa shape index (κ3) is 6.18. The molecule has 0 aliphatic heterocycles. The average molecular weight is 494 g/mol. The maximum Gasteiger partial charge on any atom is 0.287 e. The second-order valence-electron chi connectivity index (χ2n) is 7.32. The Morgan fingerprint density at radius 3 is 2.47 bits per heavy atom. The van der Waals surface area contributed by atoms with E-state index in [9.17, 15) is 10.1 Å². The van der Waals surface area contributed by atoms with Crippen molar-refractivity contribution in [3.63, 3.8) is 0 Å². The fourth-order valence-corrected chi connectivity index (χ4v) is 3.88. The molecule has 2 heterocycles. The van der Waals surface area contributed by atoms with Gasteiger partial charge in [0.1, 0.15) is 12.0 Å². The normalized spacial score (nSPS) is 10.6. The molecule has 34 heavy (non-hydrogen) atoms. The molecule has 0 spiro atoms. The van der Waals surface area contributed by atoms with Crippen LogP contribution < -0.4 is 10.2 Å². The van der Waals surface area contributed by atoms with Gasteiger partial charge in [0.25, 0.3) is 5.69 Å². The molecule has 2 aromatic heterocycles. The smallest absolute Gasteiger partial charge is 0.287 e. The van der Waals surface area contributed by atoms with Crippen molar-refractivity contribution >= 4 is 40.7 Å². The van der Waals surface area contributed by atoms with Crippen LogP contribution >= 0.6 is 23.2 Å². The molecule has 4 aromatic rings. The van der Waals surface area contributed by atoms with Gasteiger partial charge in [-0.1, -0.05) is 47.5 Å². The number of anilines is 2. The van der Waals surface area contributed by atoms with Gasteiger partial charge in [0.05, 0.1) is 10.6 Å². The molecule has 8 nitrogen and oxygen atoms in total. The van der Waals surface area contributed by atoms with Gasteiger partial charge >= 0.3 is 0 Å². The molecule has 0 bridgehead atoms. The van der Waals surface area contributed by atoms with Gasteiger partial charge in [0, 0.05) is 47.5 Å². The lowest BCUT2D eigenvalue weighted by molar-refractivity contribution is -0.385. The fraction of sp³-hybridized carbons (Fsp3) is 0.125. The van der Waals surface area contributed by atoms with Crippen molar-refractivity contribution in [1.82, 2.24) is 15.0 Å². The SMILES string of the molecule is O=[N+]([O-])c1ccc(NCCN(Cc2cc(Cl)cc(Cl)c2)c2nccc(-c3cc[c]cc3)n2)nc1. The third-order valence-corrected chi connectivity index (χ3v) is 5.32. The number of hydrogen-bond acceptors (Lipinski definition) is 7. The van der Waals surface area contributed by atoms with Gasteiger partial charge in [-0.25, -0.2) is 15.0 Å². The Balaban J connectivity index is 1.55. The van der Waals surface area contributed by atoms with E-state index in [-0.39, 0.29) is 5.69 Å². The summed E-state index contributed by atoms with van der Waals surface area (Å²) >= 11 is 12.4. The Labute approximate surface area is 206 Å². The zero-order chi connectivity index (χ0) is 23.9. The number of benzene rings is 2. The summed E-state index contributed by atoms with van der Waals surface area (Å²) in [6.07, 6.45) is 2.94. The van der Waals surface area contributed by atoms with Gasteiger partial charge in [-0.15, -0.1) is 0 Å².